The molecule has 118 valence electrons. The number of carbonyl (C=O) groups is 1. The van der Waals surface area contributed by atoms with Gasteiger partial charge in [-0.3, -0.25) is 4.79 Å². The largest absolute Gasteiger partial charge is 0.462 e. The zero-order valence-electron chi connectivity index (χ0n) is 12.7. The van der Waals surface area contributed by atoms with E-state index >= 15 is 0 Å². The van der Waals surface area contributed by atoms with E-state index in [0.29, 0.717) is 24.0 Å². The van der Waals surface area contributed by atoms with Crippen LogP contribution in [0.15, 0.2) is 40.3 Å². The minimum Gasteiger partial charge on any atom is -0.462 e. The number of thiazole rings is 1. The lowest BCUT2D eigenvalue weighted by atomic mass is 10.3. The van der Waals surface area contributed by atoms with E-state index in [1.807, 2.05) is 35.4 Å². The van der Waals surface area contributed by atoms with Crippen molar-refractivity contribution in [3.05, 3.63) is 51.4 Å². The highest BCUT2D eigenvalue weighted by Gasteiger charge is 2.35. The second-order valence-corrected chi connectivity index (χ2v) is 7.88. The van der Waals surface area contributed by atoms with E-state index in [4.69, 9.17) is 4.42 Å². The molecule has 1 aliphatic carbocycles. The maximum absolute atomic E-state index is 13.0. The van der Waals surface area contributed by atoms with E-state index < -0.39 is 0 Å². The highest BCUT2D eigenvalue weighted by molar-refractivity contribution is 7.15. The molecule has 4 nitrogen and oxygen atoms in total. The van der Waals surface area contributed by atoms with Gasteiger partial charge in [-0.2, -0.15) is 0 Å². The summed E-state index contributed by atoms with van der Waals surface area (Å²) >= 11 is 3.20. The number of aryl methyl sites for hydroxylation is 1. The van der Waals surface area contributed by atoms with E-state index in [1.165, 1.54) is 16.2 Å². The summed E-state index contributed by atoms with van der Waals surface area (Å²) in [7, 11) is 0. The van der Waals surface area contributed by atoms with Gasteiger partial charge in [-0.25, -0.2) is 4.98 Å². The Morgan fingerprint density at radius 3 is 2.91 bits per heavy atom. The predicted molar refractivity (Wildman–Crippen MR) is 91.8 cm³/mol. The molecule has 4 rings (SSSR count). The minimum absolute atomic E-state index is 0.0347. The molecule has 1 aliphatic rings. The van der Waals surface area contributed by atoms with Crippen molar-refractivity contribution in [3.8, 4) is 10.8 Å². The number of amides is 1. The van der Waals surface area contributed by atoms with Crippen LogP contribution in [0.4, 0.5) is 0 Å². The Morgan fingerprint density at radius 2 is 2.26 bits per heavy atom. The first kappa shape index (κ1) is 14.7. The molecule has 1 saturated carbocycles. The number of furan rings is 1. The number of rotatable bonds is 5. The number of hydrogen-bond donors (Lipinski definition) is 0. The van der Waals surface area contributed by atoms with Crippen molar-refractivity contribution in [1.29, 1.82) is 0 Å². The predicted octanol–water partition coefficient (Wildman–Crippen LogP) is 4.58. The van der Waals surface area contributed by atoms with Crippen LogP contribution in [0, 0.1) is 6.92 Å². The third-order valence-electron chi connectivity index (χ3n) is 3.89. The SMILES string of the molecule is Cc1sc(-c2ccco2)nc1C(=O)N(Cc1cccs1)C1CC1. The highest BCUT2D eigenvalue weighted by Crippen LogP contribution is 2.33. The van der Waals surface area contributed by atoms with Crippen molar-refractivity contribution in [2.45, 2.75) is 32.4 Å². The lowest BCUT2D eigenvalue weighted by molar-refractivity contribution is 0.0726. The Kier molecular flexibility index (Phi) is 3.79. The Morgan fingerprint density at radius 1 is 1.39 bits per heavy atom. The zero-order valence-corrected chi connectivity index (χ0v) is 14.3. The molecule has 0 aromatic carbocycles. The number of thiophene rings is 1. The van der Waals surface area contributed by atoms with Gasteiger partial charge in [-0.05, 0) is 43.3 Å². The topological polar surface area (TPSA) is 46.3 Å². The van der Waals surface area contributed by atoms with Crippen molar-refractivity contribution in [2.75, 3.05) is 0 Å². The van der Waals surface area contributed by atoms with Crippen molar-refractivity contribution in [1.82, 2.24) is 9.88 Å². The average Bonchev–Trinajstić information content (AvgIpc) is 3.00. The molecule has 1 fully saturated rings. The standard InChI is InChI=1S/C17H16N2O2S2/c1-11-15(18-16(23-11)14-5-2-8-21-14)17(20)19(12-6-7-12)10-13-4-3-9-22-13/h2-5,8-9,12H,6-7,10H2,1H3. The fourth-order valence-electron chi connectivity index (χ4n) is 2.56. The minimum atomic E-state index is 0.0347. The quantitative estimate of drug-likeness (QED) is 0.681. The third-order valence-corrected chi connectivity index (χ3v) is 5.73. The molecule has 3 aromatic heterocycles. The van der Waals surface area contributed by atoms with Gasteiger partial charge in [0.25, 0.3) is 5.91 Å². The van der Waals surface area contributed by atoms with Crippen molar-refractivity contribution < 1.29 is 9.21 Å². The molecule has 0 N–H and O–H groups in total. The molecule has 0 aliphatic heterocycles. The summed E-state index contributed by atoms with van der Waals surface area (Å²) in [5.41, 5.74) is 0.560. The molecule has 3 aromatic rings. The van der Waals surface area contributed by atoms with Crippen LogP contribution in [-0.4, -0.2) is 21.8 Å². The highest BCUT2D eigenvalue weighted by atomic mass is 32.1. The Bertz CT molecular complexity index is 802. The summed E-state index contributed by atoms with van der Waals surface area (Å²) in [6.45, 7) is 2.63. The Balaban J connectivity index is 1.62. The van der Waals surface area contributed by atoms with E-state index in [9.17, 15) is 4.79 Å². The van der Waals surface area contributed by atoms with Gasteiger partial charge in [-0.1, -0.05) is 6.07 Å². The lowest BCUT2D eigenvalue weighted by Crippen LogP contribution is -2.33. The van der Waals surface area contributed by atoms with E-state index in [1.54, 1.807) is 17.6 Å². The molecule has 0 bridgehead atoms. The van der Waals surface area contributed by atoms with Gasteiger partial charge in [-0.15, -0.1) is 22.7 Å². The van der Waals surface area contributed by atoms with E-state index in [-0.39, 0.29) is 5.91 Å². The molecule has 23 heavy (non-hydrogen) atoms. The molecule has 0 unspecified atom stereocenters. The molecule has 6 heteroatoms. The molecule has 0 radical (unpaired) electrons. The molecule has 3 heterocycles. The summed E-state index contributed by atoms with van der Waals surface area (Å²) in [4.78, 5) is 21.7. The second kappa shape index (κ2) is 5.94. The molecule has 0 spiro atoms. The van der Waals surface area contributed by atoms with Crippen LogP contribution in [0.2, 0.25) is 0 Å². The monoisotopic (exact) mass is 344 g/mol. The van der Waals surface area contributed by atoms with Crippen LogP contribution in [0.5, 0.6) is 0 Å². The van der Waals surface area contributed by atoms with Crippen LogP contribution in [0.25, 0.3) is 10.8 Å². The maximum Gasteiger partial charge on any atom is 0.274 e. The fourth-order valence-corrected chi connectivity index (χ4v) is 4.14. The van der Waals surface area contributed by atoms with Crippen molar-refractivity contribution in [2.24, 2.45) is 0 Å². The summed E-state index contributed by atoms with van der Waals surface area (Å²) in [5.74, 6) is 0.751. The first-order valence-corrected chi connectivity index (χ1v) is 9.26. The normalized spacial score (nSPS) is 14.1. The molecular weight excluding hydrogens is 328 g/mol. The lowest BCUT2D eigenvalue weighted by Gasteiger charge is -2.21. The first-order chi connectivity index (χ1) is 11.2. The number of carbonyl (C=O) groups excluding carboxylic acids is 1. The third kappa shape index (κ3) is 2.96. The molecule has 0 saturated heterocycles. The van der Waals surface area contributed by atoms with Crippen LogP contribution < -0.4 is 0 Å². The molecular formula is C17H16N2O2S2. The molecule has 0 atom stereocenters. The smallest absolute Gasteiger partial charge is 0.274 e. The average molecular weight is 344 g/mol. The molecule has 1 amide bonds. The van der Waals surface area contributed by atoms with Gasteiger partial charge in [0, 0.05) is 15.8 Å². The van der Waals surface area contributed by atoms with Gasteiger partial charge >= 0.3 is 0 Å². The first-order valence-electron chi connectivity index (χ1n) is 7.57. The summed E-state index contributed by atoms with van der Waals surface area (Å²) in [6.07, 6.45) is 3.80. The summed E-state index contributed by atoms with van der Waals surface area (Å²) < 4.78 is 5.40. The zero-order chi connectivity index (χ0) is 15.8. The summed E-state index contributed by atoms with van der Waals surface area (Å²) in [6, 6.07) is 8.17. The van der Waals surface area contributed by atoms with Crippen LogP contribution in [-0.2, 0) is 6.54 Å². The number of hydrogen-bond acceptors (Lipinski definition) is 5. The summed E-state index contributed by atoms with van der Waals surface area (Å²) in [5, 5.41) is 2.82. The number of aromatic nitrogens is 1. The Labute approximate surface area is 142 Å². The van der Waals surface area contributed by atoms with Crippen LogP contribution in [0.3, 0.4) is 0 Å². The van der Waals surface area contributed by atoms with Gasteiger partial charge in [0.15, 0.2) is 10.8 Å². The van der Waals surface area contributed by atoms with Crippen molar-refractivity contribution >= 4 is 28.6 Å². The van der Waals surface area contributed by atoms with Gasteiger partial charge < -0.3 is 9.32 Å². The van der Waals surface area contributed by atoms with Gasteiger partial charge in [0.1, 0.15) is 5.69 Å². The van der Waals surface area contributed by atoms with E-state index in [0.717, 1.165) is 22.7 Å². The maximum atomic E-state index is 13.0. The van der Waals surface area contributed by atoms with Gasteiger partial charge in [0.05, 0.1) is 12.8 Å². The fraction of sp³-hybridized carbons (Fsp3) is 0.294. The van der Waals surface area contributed by atoms with E-state index in [2.05, 4.69) is 11.1 Å². The van der Waals surface area contributed by atoms with Crippen LogP contribution >= 0.6 is 22.7 Å². The Hall–Kier alpha value is -1.92. The second-order valence-electron chi connectivity index (χ2n) is 5.64. The van der Waals surface area contributed by atoms with Gasteiger partial charge in [0.2, 0.25) is 0 Å². The van der Waals surface area contributed by atoms with Crippen molar-refractivity contribution in [3.63, 3.8) is 0 Å². The van der Waals surface area contributed by atoms with Crippen LogP contribution in [0.1, 0.15) is 33.1 Å². The number of nitrogens with zero attached hydrogens (tertiary/aromatic N) is 2.